The summed E-state index contributed by atoms with van der Waals surface area (Å²) in [5, 5.41) is 0.387. The molecule has 0 unspecified atom stereocenters. The van der Waals surface area contributed by atoms with Gasteiger partial charge in [-0.05, 0) is 55.5 Å². The maximum Gasteiger partial charge on any atom is 0.337 e. The highest BCUT2D eigenvalue weighted by Gasteiger charge is 2.23. The first kappa shape index (κ1) is 19.0. The van der Waals surface area contributed by atoms with Gasteiger partial charge in [0.05, 0.1) is 12.7 Å². The van der Waals surface area contributed by atoms with Gasteiger partial charge in [0, 0.05) is 16.1 Å². The van der Waals surface area contributed by atoms with Crippen LogP contribution >= 0.6 is 11.3 Å². The van der Waals surface area contributed by atoms with Gasteiger partial charge in [0.2, 0.25) is 0 Å². The Morgan fingerprint density at radius 3 is 2.33 bits per heavy atom. The van der Waals surface area contributed by atoms with Gasteiger partial charge >= 0.3 is 5.97 Å². The fraction of sp³-hybridized carbons (Fsp3) is 0.111. The minimum absolute atomic E-state index is 0.0936. The second-order valence-electron chi connectivity index (χ2n) is 5.56. The number of ether oxygens (including phenoxy) is 1. The molecule has 1 N–H and O–H groups in total. The number of aromatic nitrogens is 1. The number of sulfonamides is 1. The molecule has 0 saturated carbocycles. The smallest absolute Gasteiger partial charge is 0.337 e. The lowest BCUT2D eigenvalue weighted by Gasteiger charge is -2.07. The van der Waals surface area contributed by atoms with Crippen LogP contribution in [0.25, 0.3) is 10.6 Å². The third-order valence-electron chi connectivity index (χ3n) is 3.66. The van der Waals surface area contributed by atoms with Gasteiger partial charge in [-0.2, -0.15) is 8.42 Å². The number of hydrogen-bond acceptors (Lipinski definition) is 6. The molecule has 1 heterocycles. The van der Waals surface area contributed by atoms with Crippen molar-refractivity contribution in [3.8, 4) is 10.6 Å². The number of esters is 1. The first-order valence-corrected chi connectivity index (χ1v) is 10.0. The van der Waals surface area contributed by atoms with Crippen molar-refractivity contribution in [1.29, 1.82) is 0 Å². The van der Waals surface area contributed by atoms with Gasteiger partial charge in [0.15, 0.2) is 5.03 Å². The average molecular weight is 406 g/mol. The van der Waals surface area contributed by atoms with Crippen molar-refractivity contribution in [3.63, 3.8) is 0 Å². The second-order valence-corrected chi connectivity index (χ2v) is 8.36. The minimum atomic E-state index is -3.92. The van der Waals surface area contributed by atoms with Gasteiger partial charge in [0.1, 0.15) is 10.8 Å². The molecule has 2 aromatic carbocycles. The van der Waals surface area contributed by atoms with Crippen LogP contribution in [0.3, 0.4) is 0 Å². The second kappa shape index (κ2) is 7.45. The zero-order valence-corrected chi connectivity index (χ0v) is 16.0. The first-order chi connectivity index (χ1) is 12.8. The molecule has 3 aromatic rings. The standard InChI is InChI=1S/C18H15FN2O4S2/c1-11-17(20-16(26-11)12-3-7-14(19)8-4-12)27(23,24)21-15-9-5-13(6-10-15)18(22)25-2/h3-10,21H,1-2H3. The zero-order valence-electron chi connectivity index (χ0n) is 14.4. The zero-order chi connectivity index (χ0) is 19.6. The van der Waals surface area contributed by atoms with E-state index in [-0.39, 0.29) is 10.8 Å². The SMILES string of the molecule is COC(=O)c1ccc(NS(=O)(=O)c2nc(-c3ccc(F)cc3)sc2C)cc1. The summed E-state index contributed by atoms with van der Waals surface area (Å²) in [7, 11) is -2.65. The Morgan fingerprint density at radius 1 is 1.11 bits per heavy atom. The molecule has 0 aliphatic carbocycles. The molecule has 0 fully saturated rings. The van der Waals surface area contributed by atoms with E-state index in [1.165, 1.54) is 54.8 Å². The number of hydrogen-bond donors (Lipinski definition) is 1. The summed E-state index contributed by atoms with van der Waals surface area (Å²) in [4.78, 5) is 16.2. The maximum absolute atomic E-state index is 13.1. The molecule has 0 atom stereocenters. The number of rotatable bonds is 5. The maximum atomic E-state index is 13.1. The molecular formula is C18H15FN2O4S2. The molecule has 3 rings (SSSR count). The minimum Gasteiger partial charge on any atom is -0.465 e. The van der Waals surface area contributed by atoms with Gasteiger partial charge in [-0.3, -0.25) is 4.72 Å². The van der Waals surface area contributed by atoms with Crippen LogP contribution in [-0.2, 0) is 14.8 Å². The lowest BCUT2D eigenvalue weighted by molar-refractivity contribution is 0.0601. The van der Waals surface area contributed by atoms with Gasteiger partial charge in [-0.1, -0.05) is 0 Å². The number of carbonyl (C=O) groups is 1. The van der Waals surface area contributed by atoms with E-state index in [0.717, 1.165) is 0 Å². The van der Waals surface area contributed by atoms with Gasteiger partial charge in [0.25, 0.3) is 10.0 Å². The number of nitrogens with one attached hydrogen (secondary N) is 1. The molecule has 0 bridgehead atoms. The van der Waals surface area contributed by atoms with Gasteiger partial charge < -0.3 is 4.74 Å². The van der Waals surface area contributed by atoms with Crippen LogP contribution in [0.15, 0.2) is 53.6 Å². The molecule has 0 aliphatic rings. The Hall–Kier alpha value is -2.78. The van der Waals surface area contributed by atoms with E-state index < -0.39 is 16.0 Å². The van der Waals surface area contributed by atoms with Crippen LogP contribution in [0, 0.1) is 12.7 Å². The number of halogens is 1. The van der Waals surface area contributed by atoms with Crippen molar-refractivity contribution in [1.82, 2.24) is 4.98 Å². The van der Waals surface area contributed by atoms with E-state index in [1.54, 1.807) is 19.1 Å². The topological polar surface area (TPSA) is 85.4 Å². The molecule has 0 saturated heterocycles. The van der Waals surface area contributed by atoms with Gasteiger partial charge in [-0.15, -0.1) is 11.3 Å². The number of methoxy groups -OCH3 is 1. The normalized spacial score (nSPS) is 11.2. The lowest BCUT2D eigenvalue weighted by Crippen LogP contribution is -2.14. The monoisotopic (exact) mass is 406 g/mol. The Balaban J connectivity index is 1.87. The van der Waals surface area contributed by atoms with Crippen molar-refractivity contribution in [2.24, 2.45) is 0 Å². The van der Waals surface area contributed by atoms with E-state index in [0.29, 0.717) is 26.7 Å². The molecule has 27 heavy (non-hydrogen) atoms. The Bertz CT molecular complexity index is 1080. The van der Waals surface area contributed by atoms with E-state index >= 15 is 0 Å². The van der Waals surface area contributed by atoms with Crippen LogP contribution in [0.4, 0.5) is 10.1 Å². The summed E-state index contributed by atoms with van der Waals surface area (Å²) in [6.45, 7) is 1.65. The van der Waals surface area contributed by atoms with E-state index in [4.69, 9.17) is 0 Å². The molecule has 1 aromatic heterocycles. The number of anilines is 1. The fourth-order valence-corrected chi connectivity index (χ4v) is 4.80. The van der Waals surface area contributed by atoms with E-state index in [9.17, 15) is 17.6 Å². The fourth-order valence-electron chi connectivity index (χ4n) is 2.34. The summed E-state index contributed by atoms with van der Waals surface area (Å²) in [6, 6.07) is 11.5. The van der Waals surface area contributed by atoms with Gasteiger partial charge in [-0.25, -0.2) is 14.2 Å². The van der Waals surface area contributed by atoms with Crippen LogP contribution in [0.5, 0.6) is 0 Å². The highest BCUT2D eigenvalue weighted by atomic mass is 32.2. The van der Waals surface area contributed by atoms with Crippen molar-refractivity contribution >= 4 is 33.0 Å². The molecule has 0 spiro atoms. The summed E-state index contributed by atoms with van der Waals surface area (Å²) >= 11 is 1.21. The number of nitrogens with zero attached hydrogens (tertiary/aromatic N) is 1. The Morgan fingerprint density at radius 2 is 1.74 bits per heavy atom. The predicted octanol–water partition coefficient (Wildman–Crippen LogP) is 3.85. The third-order valence-corrected chi connectivity index (χ3v) is 6.22. The number of thiazole rings is 1. The molecular weight excluding hydrogens is 391 g/mol. The highest BCUT2D eigenvalue weighted by molar-refractivity contribution is 7.92. The molecule has 0 amide bonds. The van der Waals surface area contributed by atoms with Crippen LogP contribution in [0.2, 0.25) is 0 Å². The van der Waals surface area contributed by atoms with Crippen LogP contribution in [0.1, 0.15) is 15.2 Å². The first-order valence-electron chi connectivity index (χ1n) is 7.75. The summed E-state index contributed by atoms with van der Waals surface area (Å²) in [5.41, 5.74) is 1.23. The summed E-state index contributed by atoms with van der Waals surface area (Å²) in [5.74, 6) is -0.888. The van der Waals surface area contributed by atoms with Crippen LogP contribution in [-0.4, -0.2) is 26.5 Å². The lowest BCUT2D eigenvalue weighted by atomic mass is 10.2. The van der Waals surface area contributed by atoms with Crippen molar-refractivity contribution < 1.29 is 22.3 Å². The number of aryl methyl sites for hydroxylation is 1. The predicted molar refractivity (Wildman–Crippen MR) is 101 cm³/mol. The average Bonchev–Trinajstić information content (AvgIpc) is 3.04. The van der Waals surface area contributed by atoms with Crippen LogP contribution < -0.4 is 4.72 Å². The highest BCUT2D eigenvalue weighted by Crippen LogP contribution is 2.31. The quantitative estimate of drug-likeness (QED) is 0.651. The molecule has 140 valence electrons. The Labute approximate surface area is 159 Å². The molecule has 9 heteroatoms. The van der Waals surface area contributed by atoms with E-state index in [1.807, 2.05) is 0 Å². The van der Waals surface area contributed by atoms with Crippen molar-refractivity contribution in [2.75, 3.05) is 11.8 Å². The van der Waals surface area contributed by atoms with Crippen molar-refractivity contribution in [2.45, 2.75) is 11.9 Å². The molecule has 6 nitrogen and oxygen atoms in total. The Kier molecular flexibility index (Phi) is 5.24. The van der Waals surface area contributed by atoms with Crippen molar-refractivity contribution in [3.05, 3.63) is 64.8 Å². The molecule has 0 aliphatic heterocycles. The van der Waals surface area contributed by atoms with E-state index in [2.05, 4.69) is 14.4 Å². The number of carbonyl (C=O) groups excluding carboxylic acids is 1. The number of benzene rings is 2. The summed E-state index contributed by atoms with van der Waals surface area (Å²) < 4.78 is 45.5. The summed E-state index contributed by atoms with van der Waals surface area (Å²) in [6.07, 6.45) is 0. The molecule has 0 radical (unpaired) electrons. The largest absolute Gasteiger partial charge is 0.465 e. The third kappa shape index (κ3) is 4.15.